The number of benzene rings is 1. The molecule has 0 unspecified atom stereocenters. The van der Waals surface area contributed by atoms with E-state index in [0.717, 1.165) is 45.4 Å². The molecule has 2 aliphatic rings. The van der Waals surface area contributed by atoms with Gasteiger partial charge in [0.05, 0.1) is 26.2 Å². The minimum Gasteiger partial charge on any atom is -0.493 e. The molecule has 1 aromatic rings. The van der Waals surface area contributed by atoms with Crippen molar-refractivity contribution in [2.24, 2.45) is 0 Å². The van der Waals surface area contributed by atoms with Crippen LogP contribution in [-0.4, -0.2) is 72.9 Å². The van der Waals surface area contributed by atoms with Gasteiger partial charge in [-0.1, -0.05) is 12.1 Å². The molecule has 6 nitrogen and oxygen atoms in total. The molecule has 25 heavy (non-hydrogen) atoms. The zero-order valence-electron chi connectivity index (χ0n) is 14.9. The third-order valence-electron chi connectivity index (χ3n) is 5.22. The number of aliphatic hydroxyl groups excluding tert-OH is 1. The molecular formula is C19H28N2O4. The van der Waals surface area contributed by atoms with Crippen molar-refractivity contribution in [3.05, 3.63) is 24.3 Å². The first-order chi connectivity index (χ1) is 12.2. The van der Waals surface area contributed by atoms with Crippen molar-refractivity contribution < 1.29 is 19.4 Å². The van der Waals surface area contributed by atoms with Crippen LogP contribution in [0, 0.1) is 0 Å². The second kappa shape index (κ2) is 8.54. The lowest BCUT2D eigenvalue weighted by Gasteiger charge is -2.39. The number of carbonyl (C=O) groups is 1. The van der Waals surface area contributed by atoms with Crippen LogP contribution in [0.1, 0.15) is 25.7 Å². The number of aliphatic hydroxyl groups is 1. The van der Waals surface area contributed by atoms with E-state index in [4.69, 9.17) is 9.47 Å². The summed E-state index contributed by atoms with van der Waals surface area (Å²) in [6.45, 7) is 3.51. The van der Waals surface area contributed by atoms with Gasteiger partial charge in [-0.15, -0.1) is 0 Å². The van der Waals surface area contributed by atoms with E-state index in [0.29, 0.717) is 24.5 Å². The first kappa shape index (κ1) is 18.0. The van der Waals surface area contributed by atoms with Crippen molar-refractivity contribution in [2.45, 2.75) is 37.8 Å². The van der Waals surface area contributed by atoms with E-state index in [-0.39, 0.29) is 18.1 Å². The van der Waals surface area contributed by atoms with Gasteiger partial charge in [0.15, 0.2) is 11.5 Å². The van der Waals surface area contributed by atoms with Crippen molar-refractivity contribution in [2.75, 3.05) is 39.9 Å². The molecule has 1 aliphatic heterocycles. The van der Waals surface area contributed by atoms with E-state index in [9.17, 15) is 9.90 Å². The number of amides is 1. The zero-order chi connectivity index (χ0) is 17.6. The molecule has 1 saturated carbocycles. The minimum absolute atomic E-state index is 0.126. The zero-order valence-corrected chi connectivity index (χ0v) is 14.9. The number of rotatable bonds is 6. The van der Waals surface area contributed by atoms with Crippen LogP contribution in [0.5, 0.6) is 11.5 Å². The predicted octanol–water partition coefficient (Wildman–Crippen LogP) is 1.52. The van der Waals surface area contributed by atoms with Gasteiger partial charge in [0.2, 0.25) is 5.91 Å². The molecule has 1 aliphatic carbocycles. The van der Waals surface area contributed by atoms with Crippen LogP contribution in [0.4, 0.5) is 0 Å². The van der Waals surface area contributed by atoms with Crippen LogP contribution in [0.3, 0.4) is 0 Å². The number of carbonyl (C=O) groups excluding carboxylic acids is 1. The molecule has 1 N–H and O–H groups in total. The van der Waals surface area contributed by atoms with Crippen LogP contribution >= 0.6 is 0 Å². The first-order valence-electron chi connectivity index (χ1n) is 9.14. The maximum Gasteiger partial charge on any atom is 0.226 e. The Hall–Kier alpha value is -1.79. The molecular weight excluding hydrogens is 320 g/mol. The lowest BCUT2D eigenvalue weighted by molar-refractivity contribution is -0.134. The van der Waals surface area contributed by atoms with Gasteiger partial charge in [-0.3, -0.25) is 9.69 Å². The minimum atomic E-state index is -0.198. The van der Waals surface area contributed by atoms with Crippen LogP contribution in [-0.2, 0) is 4.79 Å². The van der Waals surface area contributed by atoms with Crippen LogP contribution in [0.2, 0.25) is 0 Å². The molecule has 0 aromatic heterocycles. The fourth-order valence-corrected chi connectivity index (χ4v) is 3.79. The molecule has 1 aromatic carbocycles. The van der Waals surface area contributed by atoms with Gasteiger partial charge in [-0.25, -0.2) is 0 Å². The number of ether oxygens (including phenoxy) is 2. The van der Waals surface area contributed by atoms with E-state index < -0.39 is 0 Å². The topological polar surface area (TPSA) is 62.2 Å². The van der Waals surface area contributed by atoms with E-state index in [1.54, 1.807) is 7.11 Å². The summed E-state index contributed by atoms with van der Waals surface area (Å²) in [4.78, 5) is 16.6. The monoisotopic (exact) mass is 348 g/mol. The second-order valence-electron chi connectivity index (χ2n) is 6.73. The number of piperazine rings is 1. The Labute approximate surface area is 149 Å². The van der Waals surface area contributed by atoms with Crippen molar-refractivity contribution in [1.82, 2.24) is 9.80 Å². The van der Waals surface area contributed by atoms with Gasteiger partial charge in [0, 0.05) is 32.2 Å². The highest BCUT2D eigenvalue weighted by Gasteiger charge is 2.33. The summed E-state index contributed by atoms with van der Waals surface area (Å²) < 4.78 is 10.9. The lowest BCUT2D eigenvalue weighted by Crippen LogP contribution is -2.53. The highest BCUT2D eigenvalue weighted by Crippen LogP contribution is 2.26. The van der Waals surface area contributed by atoms with Crippen LogP contribution < -0.4 is 9.47 Å². The quantitative estimate of drug-likeness (QED) is 0.845. The van der Waals surface area contributed by atoms with Gasteiger partial charge in [0.1, 0.15) is 0 Å². The highest BCUT2D eigenvalue weighted by atomic mass is 16.5. The predicted molar refractivity (Wildman–Crippen MR) is 94.9 cm³/mol. The lowest BCUT2D eigenvalue weighted by atomic mass is 10.1. The summed E-state index contributed by atoms with van der Waals surface area (Å²) in [5.41, 5.74) is 0. The average molecular weight is 348 g/mol. The van der Waals surface area contributed by atoms with Gasteiger partial charge in [-0.2, -0.15) is 0 Å². The fourth-order valence-electron chi connectivity index (χ4n) is 3.79. The Morgan fingerprint density at radius 2 is 1.88 bits per heavy atom. The Kier molecular flexibility index (Phi) is 6.15. The second-order valence-corrected chi connectivity index (χ2v) is 6.73. The molecule has 6 heteroatoms. The molecule has 138 valence electrons. The summed E-state index contributed by atoms with van der Waals surface area (Å²) in [5.74, 6) is 1.47. The molecule has 1 saturated heterocycles. The van der Waals surface area contributed by atoms with Crippen molar-refractivity contribution in [1.29, 1.82) is 0 Å². The van der Waals surface area contributed by atoms with Gasteiger partial charge in [-0.05, 0) is 31.4 Å². The van der Waals surface area contributed by atoms with Crippen LogP contribution in [0.25, 0.3) is 0 Å². The Bertz CT molecular complexity index is 572. The Morgan fingerprint density at radius 3 is 2.52 bits per heavy atom. The summed E-state index contributed by atoms with van der Waals surface area (Å²) >= 11 is 0. The van der Waals surface area contributed by atoms with E-state index >= 15 is 0 Å². The van der Waals surface area contributed by atoms with Crippen molar-refractivity contribution >= 4 is 5.91 Å². The van der Waals surface area contributed by atoms with Crippen molar-refractivity contribution in [3.63, 3.8) is 0 Å². The van der Waals surface area contributed by atoms with E-state index in [2.05, 4.69) is 4.90 Å². The summed E-state index contributed by atoms with van der Waals surface area (Å²) in [7, 11) is 1.61. The van der Waals surface area contributed by atoms with Crippen molar-refractivity contribution in [3.8, 4) is 11.5 Å². The summed E-state index contributed by atoms with van der Waals surface area (Å²) in [6, 6.07) is 7.74. The molecule has 2 atom stereocenters. The van der Waals surface area contributed by atoms with Gasteiger partial charge in [0.25, 0.3) is 0 Å². The van der Waals surface area contributed by atoms with Gasteiger partial charge < -0.3 is 19.5 Å². The average Bonchev–Trinajstić information content (AvgIpc) is 3.08. The SMILES string of the molecule is COc1ccccc1OCCC(=O)N1CCN([C@H]2CCC[C@H]2O)CC1. The molecule has 1 amide bonds. The summed E-state index contributed by atoms with van der Waals surface area (Å²) in [6.07, 6.45) is 3.25. The number of nitrogens with zero attached hydrogens (tertiary/aromatic N) is 2. The third kappa shape index (κ3) is 4.44. The molecule has 0 bridgehead atoms. The highest BCUT2D eigenvalue weighted by molar-refractivity contribution is 5.76. The Morgan fingerprint density at radius 1 is 1.16 bits per heavy atom. The number of hydrogen-bond donors (Lipinski definition) is 1. The molecule has 2 fully saturated rings. The third-order valence-corrected chi connectivity index (χ3v) is 5.22. The number of para-hydroxylation sites is 2. The largest absolute Gasteiger partial charge is 0.493 e. The normalized spacial score (nSPS) is 24.3. The first-order valence-corrected chi connectivity index (χ1v) is 9.14. The maximum atomic E-state index is 12.4. The molecule has 3 rings (SSSR count). The maximum absolute atomic E-state index is 12.4. The van der Waals surface area contributed by atoms with E-state index in [1.165, 1.54) is 0 Å². The molecule has 0 spiro atoms. The number of hydrogen-bond acceptors (Lipinski definition) is 5. The van der Waals surface area contributed by atoms with Crippen LogP contribution in [0.15, 0.2) is 24.3 Å². The standard InChI is InChI=1S/C19H28N2O4/c1-24-17-7-2-3-8-18(17)25-14-9-19(23)21-12-10-20(11-13-21)15-5-4-6-16(15)22/h2-3,7-8,15-16,22H,4-6,9-14H2,1H3/t15-,16+/m0/s1. The molecule has 0 radical (unpaired) electrons. The number of methoxy groups -OCH3 is 1. The Balaban J connectivity index is 1.41. The summed E-state index contributed by atoms with van der Waals surface area (Å²) in [5, 5.41) is 10.0. The fraction of sp³-hybridized carbons (Fsp3) is 0.632. The molecule has 1 heterocycles. The van der Waals surface area contributed by atoms with Gasteiger partial charge >= 0.3 is 0 Å². The smallest absolute Gasteiger partial charge is 0.226 e. The van der Waals surface area contributed by atoms with E-state index in [1.807, 2.05) is 29.2 Å².